The van der Waals surface area contributed by atoms with Gasteiger partial charge in [-0.25, -0.2) is 13.8 Å². The highest BCUT2D eigenvalue weighted by atomic mass is 32.2. The number of benzene rings is 1. The van der Waals surface area contributed by atoms with E-state index in [1.54, 1.807) is 0 Å². The van der Waals surface area contributed by atoms with Crippen LogP contribution in [0.3, 0.4) is 0 Å². The molecule has 1 aromatic carbocycles. The van der Waals surface area contributed by atoms with Crippen molar-refractivity contribution in [2.45, 2.75) is 38.6 Å². The Labute approximate surface area is 194 Å². The smallest absolute Gasteiger partial charge is 0.230 e. The molecule has 0 unspecified atom stereocenters. The zero-order valence-corrected chi connectivity index (χ0v) is 19.1. The molecule has 1 saturated carbocycles. The molecule has 3 rings (SSSR count). The summed E-state index contributed by atoms with van der Waals surface area (Å²) < 4.78 is 33.1. The van der Waals surface area contributed by atoms with E-state index in [1.807, 2.05) is 0 Å². The summed E-state index contributed by atoms with van der Waals surface area (Å²) in [6, 6.07) is 4.97. The standard InChI is InChI=1S/C23H25F2N3O4S/c1-13(29)33-12-22(30)27-16-5-3-4-14(8-16)23(31)28-21-10-18(19(25)11-26-21)17-7-6-15(24)9-20(17)32-2/h6-7,9-11,14,16H,3-5,8,12H2,1-2H3,(H,27,30)(H,26,28,31)/t14-,16+/m0/s1. The van der Waals surface area contributed by atoms with Gasteiger partial charge in [0.15, 0.2) is 5.12 Å². The average Bonchev–Trinajstić information content (AvgIpc) is 2.79. The lowest BCUT2D eigenvalue weighted by molar-refractivity contribution is -0.123. The summed E-state index contributed by atoms with van der Waals surface area (Å²) in [4.78, 5) is 39.8. The summed E-state index contributed by atoms with van der Waals surface area (Å²) in [6.45, 7) is 1.40. The number of ether oxygens (including phenoxy) is 1. The van der Waals surface area contributed by atoms with Crippen LogP contribution in [0.4, 0.5) is 14.6 Å². The highest BCUT2D eigenvalue weighted by Crippen LogP contribution is 2.33. The van der Waals surface area contributed by atoms with Crippen LogP contribution in [-0.4, -0.2) is 40.8 Å². The van der Waals surface area contributed by atoms with Crippen LogP contribution in [-0.2, 0) is 14.4 Å². The lowest BCUT2D eigenvalue weighted by Crippen LogP contribution is -2.41. The highest BCUT2D eigenvalue weighted by molar-refractivity contribution is 8.14. The number of rotatable bonds is 7. The molecule has 0 aliphatic heterocycles. The molecule has 2 aromatic rings. The van der Waals surface area contributed by atoms with Gasteiger partial charge in [-0.05, 0) is 37.5 Å². The third kappa shape index (κ3) is 6.74. The number of anilines is 1. The molecule has 2 atom stereocenters. The predicted octanol–water partition coefficient (Wildman–Crippen LogP) is 3.93. The van der Waals surface area contributed by atoms with Crippen molar-refractivity contribution in [3.63, 3.8) is 0 Å². The van der Waals surface area contributed by atoms with Gasteiger partial charge in [0.05, 0.1) is 19.1 Å². The molecule has 7 nitrogen and oxygen atoms in total. The molecule has 1 aliphatic rings. The van der Waals surface area contributed by atoms with E-state index in [4.69, 9.17) is 4.74 Å². The number of amides is 2. The minimum atomic E-state index is -0.637. The second kappa shape index (κ2) is 11.2. The van der Waals surface area contributed by atoms with Gasteiger partial charge >= 0.3 is 0 Å². The zero-order valence-electron chi connectivity index (χ0n) is 18.3. The van der Waals surface area contributed by atoms with Crippen molar-refractivity contribution in [2.24, 2.45) is 5.92 Å². The van der Waals surface area contributed by atoms with E-state index >= 15 is 0 Å². The molecule has 1 heterocycles. The van der Waals surface area contributed by atoms with Gasteiger partial charge < -0.3 is 15.4 Å². The van der Waals surface area contributed by atoms with Crippen molar-refractivity contribution in [3.8, 4) is 16.9 Å². The van der Waals surface area contributed by atoms with Crippen LogP contribution in [0.1, 0.15) is 32.6 Å². The van der Waals surface area contributed by atoms with E-state index in [2.05, 4.69) is 15.6 Å². The van der Waals surface area contributed by atoms with Crippen LogP contribution >= 0.6 is 11.8 Å². The maximum atomic E-state index is 14.5. The van der Waals surface area contributed by atoms with E-state index < -0.39 is 11.6 Å². The summed E-state index contributed by atoms with van der Waals surface area (Å²) in [7, 11) is 1.36. The van der Waals surface area contributed by atoms with Crippen molar-refractivity contribution in [2.75, 3.05) is 18.2 Å². The second-order valence-electron chi connectivity index (χ2n) is 7.79. The summed E-state index contributed by atoms with van der Waals surface area (Å²) in [6.07, 6.45) is 3.62. The van der Waals surface area contributed by atoms with Crippen LogP contribution in [0, 0.1) is 17.6 Å². The minimum absolute atomic E-state index is 0.0534. The van der Waals surface area contributed by atoms with Crippen LogP contribution in [0.2, 0.25) is 0 Å². The third-order valence-electron chi connectivity index (χ3n) is 5.38. The number of aromatic nitrogens is 1. The summed E-state index contributed by atoms with van der Waals surface area (Å²) in [5, 5.41) is 5.47. The van der Waals surface area contributed by atoms with Gasteiger partial charge in [0, 0.05) is 36.1 Å². The molecular weight excluding hydrogens is 452 g/mol. The Bertz CT molecular complexity index is 1050. The molecule has 1 fully saturated rings. The highest BCUT2D eigenvalue weighted by Gasteiger charge is 2.28. The number of thioether (sulfide) groups is 1. The van der Waals surface area contributed by atoms with Crippen molar-refractivity contribution < 1.29 is 27.9 Å². The number of carbonyl (C=O) groups is 3. The molecule has 33 heavy (non-hydrogen) atoms. The zero-order chi connectivity index (χ0) is 24.0. The molecule has 2 N–H and O–H groups in total. The molecule has 1 aliphatic carbocycles. The lowest BCUT2D eigenvalue weighted by atomic mass is 9.85. The number of hydrogen-bond donors (Lipinski definition) is 2. The average molecular weight is 478 g/mol. The van der Waals surface area contributed by atoms with E-state index in [0.29, 0.717) is 18.4 Å². The van der Waals surface area contributed by atoms with E-state index in [0.717, 1.165) is 36.9 Å². The van der Waals surface area contributed by atoms with Gasteiger partial charge in [-0.1, -0.05) is 18.2 Å². The lowest BCUT2D eigenvalue weighted by Gasteiger charge is -2.29. The van der Waals surface area contributed by atoms with Crippen molar-refractivity contribution >= 4 is 34.5 Å². The van der Waals surface area contributed by atoms with Crippen LogP contribution < -0.4 is 15.4 Å². The fourth-order valence-corrected chi connectivity index (χ4v) is 4.24. The normalized spacial score (nSPS) is 17.8. The minimum Gasteiger partial charge on any atom is -0.496 e. The SMILES string of the molecule is COc1cc(F)ccc1-c1cc(NC(=O)[C@H]2CCC[C@@H](NC(=O)CSC(C)=O)C2)ncc1F. The molecule has 0 radical (unpaired) electrons. The third-order valence-corrected chi connectivity index (χ3v) is 6.19. The Morgan fingerprint density at radius 1 is 1.18 bits per heavy atom. The first kappa shape index (κ1) is 24.6. The number of hydrogen-bond acceptors (Lipinski definition) is 6. The van der Waals surface area contributed by atoms with Crippen molar-refractivity contribution in [1.82, 2.24) is 10.3 Å². The van der Waals surface area contributed by atoms with Gasteiger partial charge in [-0.15, -0.1) is 0 Å². The predicted molar refractivity (Wildman–Crippen MR) is 122 cm³/mol. The van der Waals surface area contributed by atoms with E-state index in [9.17, 15) is 23.2 Å². The maximum Gasteiger partial charge on any atom is 0.230 e. The molecule has 0 bridgehead atoms. The monoisotopic (exact) mass is 477 g/mol. The Morgan fingerprint density at radius 2 is 1.97 bits per heavy atom. The summed E-state index contributed by atoms with van der Waals surface area (Å²) in [5.41, 5.74) is 0.451. The first-order valence-electron chi connectivity index (χ1n) is 10.5. The van der Waals surface area contributed by atoms with Crippen molar-refractivity contribution in [1.29, 1.82) is 0 Å². The summed E-state index contributed by atoms with van der Waals surface area (Å²) >= 11 is 0.942. The first-order valence-corrected chi connectivity index (χ1v) is 11.5. The molecule has 10 heteroatoms. The Kier molecular flexibility index (Phi) is 8.37. The summed E-state index contributed by atoms with van der Waals surface area (Å²) in [5.74, 6) is -1.64. The fraction of sp³-hybridized carbons (Fsp3) is 0.391. The molecule has 2 amide bonds. The maximum absolute atomic E-state index is 14.5. The molecule has 176 valence electrons. The van der Waals surface area contributed by atoms with E-state index in [-0.39, 0.29) is 51.8 Å². The van der Waals surface area contributed by atoms with Crippen molar-refractivity contribution in [3.05, 3.63) is 42.1 Å². The van der Waals surface area contributed by atoms with Gasteiger partial charge in [0.25, 0.3) is 0 Å². The van der Waals surface area contributed by atoms with Crippen LogP contribution in [0.5, 0.6) is 5.75 Å². The number of pyridine rings is 1. The number of nitrogens with zero attached hydrogens (tertiary/aromatic N) is 1. The molecular formula is C23H25F2N3O4S. The number of carbonyl (C=O) groups excluding carboxylic acids is 3. The van der Waals surface area contributed by atoms with Gasteiger partial charge in [0.2, 0.25) is 11.8 Å². The Balaban J connectivity index is 1.67. The van der Waals surface area contributed by atoms with E-state index in [1.165, 1.54) is 32.2 Å². The topological polar surface area (TPSA) is 97.4 Å². The molecule has 0 saturated heterocycles. The van der Waals surface area contributed by atoms with Crippen LogP contribution in [0.25, 0.3) is 11.1 Å². The first-order chi connectivity index (χ1) is 15.8. The number of methoxy groups -OCH3 is 1. The molecule has 1 aromatic heterocycles. The Hall–Kier alpha value is -3.01. The number of halogens is 2. The number of nitrogens with one attached hydrogen (secondary N) is 2. The fourth-order valence-electron chi connectivity index (χ4n) is 3.82. The largest absolute Gasteiger partial charge is 0.496 e. The molecule has 0 spiro atoms. The quantitative estimate of drug-likeness (QED) is 0.627. The van der Waals surface area contributed by atoms with Gasteiger partial charge in [-0.3, -0.25) is 14.4 Å². The Morgan fingerprint density at radius 3 is 2.70 bits per heavy atom. The van der Waals surface area contributed by atoms with Gasteiger partial charge in [-0.2, -0.15) is 0 Å². The van der Waals surface area contributed by atoms with Crippen LogP contribution in [0.15, 0.2) is 30.5 Å². The van der Waals surface area contributed by atoms with Gasteiger partial charge in [0.1, 0.15) is 23.2 Å². The second-order valence-corrected chi connectivity index (χ2v) is 8.94.